The monoisotopic (exact) mass is 298 g/mol. The zero-order chi connectivity index (χ0) is 15.2. The Morgan fingerprint density at radius 2 is 1.71 bits per heavy atom. The van der Waals surface area contributed by atoms with Gasteiger partial charge in [-0.1, -0.05) is 13.3 Å². The first-order valence-electron chi connectivity index (χ1n) is 7.35. The molecule has 5 heteroatoms. The van der Waals surface area contributed by atoms with Crippen LogP contribution in [-0.4, -0.2) is 12.6 Å². The molecule has 21 heavy (non-hydrogen) atoms. The fourth-order valence-corrected chi connectivity index (χ4v) is 2.70. The minimum absolute atomic E-state index is 0.0493. The SMILES string of the molecule is CC[C@H]1CC[C@H](C(=O)Oc2ccc(OC(F)F)cc2)CC1. The number of carbonyl (C=O) groups is 1. The van der Waals surface area contributed by atoms with Gasteiger partial charge in [-0.15, -0.1) is 0 Å². The van der Waals surface area contributed by atoms with E-state index in [1.165, 1.54) is 24.3 Å². The summed E-state index contributed by atoms with van der Waals surface area (Å²) >= 11 is 0. The maximum absolute atomic E-state index is 12.1. The van der Waals surface area contributed by atoms with Gasteiger partial charge in [0.15, 0.2) is 0 Å². The molecule has 0 amide bonds. The molecule has 0 atom stereocenters. The number of alkyl halides is 2. The standard InChI is InChI=1S/C16H20F2O3/c1-2-11-3-5-12(6-4-11)15(19)20-13-7-9-14(10-8-13)21-16(17)18/h7-12,16H,2-6H2,1H3/t11-,12-. The maximum Gasteiger partial charge on any atom is 0.387 e. The lowest BCUT2D eigenvalue weighted by Crippen LogP contribution is -2.25. The molecular weight excluding hydrogens is 278 g/mol. The van der Waals surface area contributed by atoms with E-state index in [1.54, 1.807) is 0 Å². The normalized spacial score (nSPS) is 22.1. The Morgan fingerprint density at radius 1 is 1.14 bits per heavy atom. The Balaban J connectivity index is 1.85. The van der Waals surface area contributed by atoms with E-state index >= 15 is 0 Å². The maximum atomic E-state index is 12.1. The Hall–Kier alpha value is -1.65. The second-order valence-electron chi connectivity index (χ2n) is 5.40. The number of esters is 1. The molecule has 1 fully saturated rings. The van der Waals surface area contributed by atoms with Crippen LogP contribution in [0.1, 0.15) is 39.0 Å². The zero-order valence-electron chi connectivity index (χ0n) is 12.1. The lowest BCUT2D eigenvalue weighted by Gasteiger charge is -2.26. The Labute approximate surface area is 123 Å². The molecule has 0 spiro atoms. The lowest BCUT2D eigenvalue weighted by molar-refractivity contribution is -0.140. The highest BCUT2D eigenvalue weighted by Crippen LogP contribution is 2.31. The summed E-state index contributed by atoms with van der Waals surface area (Å²) in [5.41, 5.74) is 0. The fourth-order valence-electron chi connectivity index (χ4n) is 2.70. The van der Waals surface area contributed by atoms with Crippen LogP contribution in [0, 0.1) is 11.8 Å². The molecule has 1 aliphatic rings. The molecule has 1 aromatic carbocycles. The largest absolute Gasteiger partial charge is 0.435 e. The van der Waals surface area contributed by atoms with E-state index in [1.807, 2.05) is 0 Å². The predicted octanol–water partition coefficient (Wildman–Crippen LogP) is 4.41. The molecule has 0 aliphatic heterocycles. The number of ether oxygens (including phenoxy) is 2. The van der Waals surface area contributed by atoms with Crippen molar-refractivity contribution >= 4 is 5.97 Å². The van der Waals surface area contributed by atoms with Crippen molar-refractivity contribution in [3.05, 3.63) is 24.3 Å². The van der Waals surface area contributed by atoms with E-state index in [4.69, 9.17) is 4.74 Å². The van der Waals surface area contributed by atoms with Crippen LogP contribution in [0.25, 0.3) is 0 Å². The van der Waals surface area contributed by atoms with E-state index in [0.29, 0.717) is 5.75 Å². The Kier molecular flexibility index (Phi) is 5.53. The van der Waals surface area contributed by atoms with Crippen molar-refractivity contribution in [2.45, 2.75) is 45.6 Å². The van der Waals surface area contributed by atoms with Crippen LogP contribution in [0.2, 0.25) is 0 Å². The molecule has 116 valence electrons. The molecule has 0 heterocycles. The summed E-state index contributed by atoms with van der Waals surface area (Å²) in [6.07, 6.45) is 5.02. The van der Waals surface area contributed by atoms with E-state index < -0.39 is 6.61 Å². The molecule has 0 unspecified atom stereocenters. The number of hydrogen-bond donors (Lipinski definition) is 0. The summed E-state index contributed by atoms with van der Waals surface area (Å²) in [7, 11) is 0. The van der Waals surface area contributed by atoms with Crippen molar-refractivity contribution in [3.63, 3.8) is 0 Å². The molecule has 0 N–H and O–H groups in total. The molecular formula is C16H20F2O3. The van der Waals surface area contributed by atoms with Gasteiger partial charge >= 0.3 is 12.6 Å². The third kappa shape index (κ3) is 4.69. The quantitative estimate of drug-likeness (QED) is 0.596. The highest BCUT2D eigenvalue weighted by Gasteiger charge is 2.26. The van der Waals surface area contributed by atoms with Gasteiger partial charge in [-0.3, -0.25) is 4.79 Å². The van der Waals surface area contributed by atoms with Crippen LogP contribution in [0.5, 0.6) is 11.5 Å². The van der Waals surface area contributed by atoms with Crippen LogP contribution in [-0.2, 0) is 4.79 Å². The molecule has 1 aromatic rings. The molecule has 1 aliphatic carbocycles. The average molecular weight is 298 g/mol. The van der Waals surface area contributed by atoms with E-state index in [-0.39, 0.29) is 17.6 Å². The van der Waals surface area contributed by atoms with Gasteiger partial charge in [0.05, 0.1) is 5.92 Å². The highest BCUT2D eigenvalue weighted by atomic mass is 19.3. The minimum atomic E-state index is -2.85. The van der Waals surface area contributed by atoms with Crippen molar-refractivity contribution in [1.29, 1.82) is 0 Å². The second kappa shape index (κ2) is 7.38. The summed E-state index contributed by atoms with van der Waals surface area (Å²) in [6.45, 7) is -0.682. The molecule has 1 saturated carbocycles. The van der Waals surface area contributed by atoms with Gasteiger partial charge in [-0.2, -0.15) is 8.78 Å². The molecule has 0 saturated heterocycles. The van der Waals surface area contributed by atoms with Crippen molar-refractivity contribution in [1.82, 2.24) is 0 Å². The summed E-state index contributed by atoms with van der Waals surface area (Å²) in [4.78, 5) is 12.1. The number of carbonyl (C=O) groups excluding carboxylic acids is 1. The third-order valence-electron chi connectivity index (χ3n) is 4.02. The summed E-state index contributed by atoms with van der Waals surface area (Å²) in [5, 5.41) is 0. The molecule has 2 rings (SSSR count). The van der Waals surface area contributed by atoms with E-state index in [2.05, 4.69) is 11.7 Å². The lowest BCUT2D eigenvalue weighted by atomic mass is 9.81. The van der Waals surface area contributed by atoms with Gasteiger partial charge in [-0.05, 0) is 55.9 Å². The number of halogens is 2. The fraction of sp³-hybridized carbons (Fsp3) is 0.562. The molecule has 0 aromatic heterocycles. The van der Waals surface area contributed by atoms with Crippen LogP contribution in [0.15, 0.2) is 24.3 Å². The van der Waals surface area contributed by atoms with Crippen molar-refractivity contribution in [2.24, 2.45) is 11.8 Å². The smallest absolute Gasteiger partial charge is 0.387 e. The highest BCUT2D eigenvalue weighted by molar-refractivity contribution is 5.75. The molecule has 0 bridgehead atoms. The van der Waals surface area contributed by atoms with Gasteiger partial charge in [-0.25, -0.2) is 0 Å². The van der Waals surface area contributed by atoms with E-state index in [9.17, 15) is 13.6 Å². The molecule has 0 radical (unpaired) electrons. The Bertz CT molecular complexity index is 451. The van der Waals surface area contributed by atoms with Gasteiger partial charge in [0, 0.05) is 0 Å². The first kappa shape index (κ1) is 15.7. The second-order valence-corrected chi connectivity index (χ2v) is 5.40. The van der Waals surface area contributed by atoms with Crippen molar-refractivity contribution < 1.29 is 23.0 Å². The first-order chi connectivity index (χ1) is 10.1. The van der Waals surface area contributed by atoms with Gasteiger partial charge in [0.25, 0.3) is 0 Å². The predicted molar refractivity (Wildman–Crippen MR) is 74.4 cm³/mol. The van der Waals surface area contributed by atoms with Crippen LogP contribution in [0.3, 0.4) is 0 Å². The molecule has 3 nitrogen and oxygen atoms in total. The average Bonchev–Trinajstić information content (AvgIpc) is 2.49. The Morgan fingerprint density at radius 3 is 2.24 bits per heavy atom. The van der Waals surface area contributed by atoms with Gasteiger partial charge in [0.1, 0.15) is 11.5 Å². The third-order valence-corrected chi connectivity index (χ3v) is 4.02. The number of hydrogen-bond acceptors (Lipinski definition) is 3. The van der Waals surface area contributed by atoms with Gasteiger partial charge in [0.2, 0.25) is 0 Å². The first-order valence-corrected chi connectivity index (χ1v) is 7.35. The zero-order valence-corrected chi connectivity index (χ0v) is 12.1. The summed E-state index contributed by atoms with van der Waals surface area (Å²) < 4.78 is 33.6. The summed E-state index contributed by atoms with van der Waals surface area (Å²) in [6, 6.07) is 5.66. The van der Waals surface area contributed by atoms with Crippen molar-refractivity contribution in [3.8, 4) is 11.5 Å². The van der Waals surface area contributed by atoms with Crippen molar-refractivity contribution in [2.75, 3.05) is 0 Å². The number of benzene rings is 1. The summed E-state index contributed by atoms with van der Waals surface area (Å²) in [5.74, 6) is 0.851. The minimum Gasteiger partial charge on any atom is -0.435 e. The van der Waals surface area contributed by atoms with Crippen LogP contribution < -0.4 is 9.47 Å². The van der Waals surface area contributed by atoms with Gasteiger partial charge < -0.3 is 9.47 Å². The number of rotatable bonds is 5. The van der Waals surface area contributed by atoms with E-state index in [0.717, 1.165) is 38.0 Å². The topological polar surface area (TPSA) is 35.5 Å². The van der Waals surface area contributed by atoms with Crippen LogP contribution in [0.4, 0.5) is 8.78 Å². The van der Waals surface area contributed by atoms with Crippen LogP contribution >= 0.6 is 0 Å².